The molecule has 2 rings (SSSR count). The molecule has 1 aliphatic rings. The van der Waals surface area contributed by atoms with Gasteiger partial charge in [0.25, 0.3) is 0 Å². The van der Waals surface area contributed by atoms with Crippen molar-refractivity contribution in [3.05, 3.63) is 27.1 Å². The Morgan fingerprint density at radius 1 is 1.32 bits per heavy atom. The Kier molecular flexibility index (Phi) is 4.30. The van der Waals surface area contributed by atoms with Gasteiger partial charge in [0.05, 0.1) is 5.69 Å². The first-order valence-corrected chi connectivity index (χ1v) is 7.62. The van der Waals surface area contributed by atoms with Crippen molar-refractivity contribution in [2.75, 3.05) is 4.90 Å². The highest BCUT2D eigenvalue weighted by atomic mass is 79.9. The highest BCUT2D eigenvalue weighted by Crippen LogP contribution is 2.32. The van der Waals surface area contributed by atoms with Crippen LogP contribution in [-0.4, -0.2) is 23.9 Å². The minimum atomic E-state index is -0.507. The van der Waals surface area contributed by atoms with Crippen LogP contribution in [0.5, 0.6) is 0 Å². The molecule has 1 aliphatic heterocycles. The largest absolute Gasteiger partial charge is 0.343 e. The van der Waals surface area contributed by atoms with Crippen LogP contribution in [0.25, 0.3) is 0 Å². The molecule has 1 aromatic rings. The smallest absolute Gasteiger partial charge is 0.250 e. The van der Waals surface area contributed by atoms with Gasteiger partial charge in [-0.25, -0.2) is 0 Å². The van der Waals surface area contributed by atoms with Crippen LogP contribution in [0.1, 0.15) is 20.3 Å². The fourth-order valence-electron chi connectivity index (χ4n) is 2.11. The van der Waals surface area contributed by atoms with Gasteiger partial charge in [0.15, 0.2) is 0 Å². The predicted octanol–water partition coefficient (Wildman–Crippen LogP) is 2.84. The summed E-state index contributed by atoms with van der Waals surface area (Å²) in [5.41, 5.74) is 0.717. The van der Waals surface area contributed by atoms with Gasteiger partial charge >= 0.3 is 0 Å². The number of rotatable bonds is 2. The molecule has 19 heavy (non-hydrogen) atoms. The zero-order valence-electron chi connectivity index (χ0n) is 10.6. The van der Waals surface area contributed by atoms with Gasteiger partial charge < -0.3 is 5.32 Å². The molecule has 4 nitrogen and oxygen atoms in total. The summed E-state index contributed by atoms with van der Waals surface area (Å²) in [6.45, 7) is 3.61. The molecule has 0 bridgehead atoms. The molecule has 1 saturated heterocycles. The van der Waals surface area contributed by atoms with Crippen molar-refractivity contribution in [1.29, 1.82) is 0 Å². The summed E-state index contributed by atoms with van der Waals surface area (Å²) in [6, 6.07) is 4.59. The van der Waals surface area contributed by atoms with Crippen molar-refractivity contribution in [3.63, 3.8) is 0 Å². The van der Waals surface area contributed by atoms with Crippen molar-refractivity contribution in [1.82, 2.24) is 5.32 Å². The number of carbonyl (C=O) groups is 2. The van der Waals surface area contributed by atoms with Crippen LogP contribution in [0.3, 0.4) is 0 Å². The fraction of sp³-hybridized carbons (Fsp3) is 0.385. The van der Waals surface area contributed by atoms with Crippen LogP contribution < -0.4 is 10.2 Å². The molecule has 0 aromatic heterocycles. The number of carbonyl (C=O) groups excluding carboxylic acids is 2. The summed E-state index contributed by atoms with van der Waals surface area (Å²) < 4.78 is 1.70. The van der Waals surface area contributed by atoms with Crippen molar-refractivity contribution in [2.45, 2.75) is 32.4 Å². The number of amides is 2. The van der Waals surface area contributed by atoms with E-state index >= 15 is 0 Å². The minimum Gasteiger partial charge on any atom is -0.343 e. The van der Waals surface area contributed by atoms with Crippen molar-refractivity contribution < 1.29 is 9.59 Å². The van der Waals surface area contributed by atoms with Gasteiger partial charge in [0.2, 0.25) is 11.8 Å². The van der Waals surface area contributed by atoms with E-state index in [9.17, 15) is 9.59 Å². The topological polar surface area (TPSA) is 49.4 Å². The Bertz CT molecular complexity index is 533. The summed E-state index contributed by atoms with van der Waals surface area (Å²) in [6.07, 6.45) is 0.585. The predicted molar refractivity (Wildman–Crippen MR) is 81.0 cm³/mol. The lowest BCUT2D eigenvalue weighted by Gasteiger charge is -2.37. The second-order valence-corrected chi connectivity index (χ2v) is 6.22. The van der Waals surface area contributed by atoms with E-state index in [1.807, 2.05) is 25.1 Å². The summed E-state index contributed by atoms with van der Waals surface area (Å²) >= 11 is 6.82. The van der Waals surface area contributed by atoms with E-state index in [2.05, 4.69) is 37.2 Å². The monoisotopic (exact) mass is 388 g/mol. The lowest BCUT2D eigenvalue weighted by molar-refractivity contribution is -0.133. The molecule has 1 aromatic carbocycles. The summed E-state index contributed by atoms with van der Waals surface area (Å²) in [5, 5.41) is 2.74. The first-order chi connectivity index (χ1) is 8.95. The Hall–Kier alpha value is -0.880. The maximum Gasteiger partial charge on any atom is 0.250 e. The van der Waals surface area contributed by atoms with E-state index in [1.165, 1.54) is 0 Å². The van der Waals surface area contributed by atoms with Crippen LogP contribution in [0.2, 0.25) is 0 Å². The van der Waals surface area contributed by atoms with E-state index in [0.717, 1.165) is 8.95 Å². The first-order valence-electron chi connectivity index (χ1n) is 6.04. The van der Waals surface area contributed by atoms with E-state index in [4.69, 9.17) is 0 Å². The Labute approximate surface area is 128 Å². The van der Waals surface area contributed by atoms with Gasteiger partial charge in [0.1, 0.15) is 12.1 Å². The highest BCUT2D eigenvalue weighted by Gasteiger charge is 2.38. The fourth-order valence-corrected chi connectivity index (χ4v) is 3.35. The van der Waals surface area contributed by atoms with Crippen LogP contribution in [0.4, 0.5) is 5.69 Å². The molecule has 1 N–H and O–H groups in total. The molecule has 0 saturated carbocycles. The van der Waals surface area contributed by atoms with Crippen LogP contribution >= 0.6 is 31.9 Å². The quantitative estimate of drug-likeness (QED) is 0.845. The molecular weight excluding hydrogens is 376 g/mol. The standard InChI is InChI=1S/C13H14Br2N2O2/c1-3-10-13(19)17(7(2)12(18)16-10)11-5-4-8(14)6-9(11)15/h4-7,10H,3H2,1-2H3,(H,16,18). The zero-order chi connectivity index (χ0) is 14.2. The highest BCUT2D eigenvalue weighted by molar-refractivity contribution is 9.11. The zero-order valence-corrected chi connectivity index (χ0v) is 13.8. The molecule has 2 atom stereocenters. The molecular formula is C13H14Br2N2O2. The van der Waals surface area contributed by atoms with Gasteiger partial charge in [-0.1, -0.05) is 22.9 Å². The first kappa shape index (κ1) is 14.5. The number of hydrogen-bond acceptors (Lipinski definition) is 2. The van der Waals surface area contributed by atoms with Crippen molar-refractivity contribution in [2.24, 2.45) is 0 Å². The SMILES string of the molecule is CCC1NC(=O)C(C)N(c2ccc(Br)cc2Br)C1=O. The molecule has 0 spiro atoms. The average molecular weight is 390 g/mol. The second-order valence-electron chi connectivity index (χ2n) is 4.45. The lowest BCUT2D eigenvalue weighted by Crippen LogP contribution is -2.62. The molecule has 6 heteroatoms. The number of halogens is 2. The van der Waals surface area contributed by atoms with Crippen LogP contribution in [-0.2, 0) is 9.59 Å². The number of nitrogens with zero attached hydrogens (tertiary/aromatic N) is 1. The van der Waals surface area contributed by atoms with Crippen molar-refractivity contribution in [3.8, 4) is 0 Å². The molecule has 2 amide bonds. The van der Waals surface area contributed by atoms with E-state index < -0.39 is 12.1 Å². The van der Waals surface area contributed by atoms with E-state index in [0.29, 0.717) is 12.1 Å². The number of piperazine rings is 1. The molecule has 1 heterocycles. The van der Waals surface area contributed by atoms with Gasteiger partial charge in [-0.15, -0.1) is 0 Å². The average Bonchev–Trinajstić information content (AvgIpc) is 2.36. The minimum absolute atomic E-state index is 0.0716. The number of hydrogen-bond donors (Lipinski definition) is 1. The van der Waals surface area contributed by atoms with Gasteiger partial charge in [-0.2, -0.15) is 0 Å². The molecule has 0 aliphatic carbocycles. The molecule has 0 radical (unpaired) electrons. The Balaban J connectivity index is 2.45. The number of anilines is 1. The van der Waals surface area contributed by atoms with E-state index in [-0.39, 0.29) is 11.8 Å². The summed E-state index contributed by atoms with van der Waals surface area (Å²) in [4.78, 5) is 25.9. The summed E-state index contributed by atoms with van der Waals surface area (Å²) in [7, 11) is 0. The summed E-state index contributed by atoms with van der Waals surface area (Å²) in [5.74, 6) is -0.195. The Morgan fingerprint density at radius 2 is 2.00 bits per heavy atom. The lowest BCUT2D eigenvalue weighted by atomic mass is 10.1. The van der Waals surface area contributed by atoms with Gasteiger partial charge in [0, 0.05) is 8.95 Å². The van der Waals surface area contributed by atoms with Gasteiger partial charge in [-0.05, 0) is 47.5 Å². The molecule has 102 valence electrons. The van der Waals surface area contributed by atoms with Gasteiger partial charge in [-0.3, -0.25) is 14.5 Å². The van der Waals surface area contributed by atoms with Crippen molar-refractivity contribution >= 4 is 49.4 Å². The number of benzene rings is 1. The molecule has 2 unspecified atom stereocenters. The van der Waals surface area contributed by atoms with Crippen LogP contribution in [0.15, 0.2) is 27.1 Å². The third-order valence-electron chi connectivity index (χ3n) is 3.20. The third kappa shape index (κ3) is 2.69. The molecule has 1 fully saturated rings. The maximum atomic E-state index is 12.4. The normalized spacial score (nSPS) is 23.5. The van der Waals surface area contributed by atoms with Crippen LogP contribution in [0, 0.1) is 0 Å². The van der Waals surface area contributed by atoms with E-state index in [1.54, 1.807) is 11.8 Å². The maximum absolute atomic E-state index is 12.4. The second kappa shape index (κ2) is 5.63. The number of nitrogens with one attached hydrogen (secondary N) is 1. The Morgan fingerprint density at radius 3 is 2.58 bits per heavy atom. The third-order valence-corrected chi connectivity index (χ3v) is 4.32.